The lowest BCUT2D eigenvalue weighted by Crippen LogP contribution is -2.31. The van der Waals surface area contributed by atoms with Crippen LogP contribution < -0.4 is 10.3 Å². The van der Waals surface area contributed by atoms with Crippen LogP contribution in [0.25, 0.3) is 16.6 Å². The van der Waals surface area contributed by atoms with Crippen LogP contribution in [-0.2, 0) is 4.79 Å². The molecule has 4 rings (SSSR count). The van der Waals surface area contributed by atoms with Crippen LogP contribution >= 0.6 is 11.8 Å². The van der Waals surface area contributed by atoms with Gasteiger partial charge in [-0.1, -0.05) is 66.4 Å². The molecule has 0 saturated carbocycles. The summed E-state index contributed by atoms with van der Waals surface area (Å²) in [6.07, 6.45) is 0. The van der Waals surface area contributed by atoms with Crippen molar-refractivity contribution < 1.29 is 9.53 Å². The van der Waals surface area contributed by atoms with Crippen molar-refractivity contribution >= 4 is 28.6 Å². The third-order valence-corrected chi connectivity index (χ3v) is 6.58. The van der Waals surface area contributed by atoms with Gasteiger partial charge in [-0.05, 0) is 36.8 Å². The average Bonchev–Trinajstić information content (AvgIpc) is 2.87. The van der Waals surface area contributed by atoms with E-state index in [4.69, 9.17) is 9.72 Å². The first kappa shape index (κ1) is 22.6. The fourth-order valence-electron chi connectivity index (χ4n) is 3.64. The Hall–Kier alpha value is -3.58. The number of aromatic nitrogens is 2. The molecule has 0 N–H and O–H groups in total. The lowest BCUT2D eigenvalue weighted by Gasteiger charge is -2.25. The van der Waals surface area contributed by atoms with Gasteiger partial charge in [-0.3, -0.25) is 14.2 Å². The molecule has 0 bridgehead atoms. The van der Waals surface area contributed by atoms with Crippen molar-refractivity contribution in [2.75, 3.05) is 19.9 Å². The second kappa shape index (κ2) is 9.92. The number of hydrogen-bond acceptors (Lipinski definition) is 5. The van der Waals surface area contributed by atoms with Crippen molar-refractivity contribution in [1.29, 1.82) is 0 Å². The molecule has 0 fully saturated rings. The van der Waals surface area contributed by atoms with Crippen molar-refractivity contribution in [3.8, 4) is 11.4 Å². The van der Waals surface area contributed by atoms with Gasteiger partial charge in [0.15, 0.2) is 5.16 Å². The Labute approximate surface area is 196 Å². The van der Waals surface area contributed by atoms with Crippen LogP contribution in [0.15, 0.2) is 88.8 Å². The molecule has 0 saturated heterocycles. The molecule has 1 aromatic heterocycles. The van der Waals surface area contributed by atoms with Gasteiger partial charge in [0, 0.05) is 7.05 Å². The van der Waals surface area contributed by atoms with Gasteiger partial charge < -0.3 is 9.64 Å². The number of thioether (sulfide) groups is 1. The number of carbonyl (C=O) groups is 1. The van der Waals surface area contributed by atoms with Crippen LogP contribution in [0.3, 0.4) is 0 Å². The SMILES string of the molecule is COc1ccccc1-n1c(SCC(=O)N(C)C(C)c2ccccc2)nc2ccccc2c1=O. The zero-order valence-corrected chi connectivity index (χ0v) is 19.6. The molecule has 1 amide bonds. The van der Waals surface area contributed by atoms with Crippen LogP contribution in [0.4, 0.5) is 0 Å². The first-order valence-electron chi connectivity index (χ1n) is 10.6. The molecule has 7 heteroatoms. The third kappa shape index (κ3) is 4.64. The summed E-state index contributed by atoms with van der Waals surface area (Å²) in [5.41, 5.74) is 2.04. The van der Waals surface area contributed by atoms with Crippen molar-refractivity contribution in [3.63, 3.8) is 0 Å². The fourth-order valence-corrected chi connectivity index (χ4v) is 4.56. The van der Waals surface area contributed by atoms with E-state index in [2.05, 4.69) is 0 Å². The molecule has 0 aliphatic rings. The maximum absolute atomic E-state index is 13.4. The molecule has 168 valence electrons. The predicted octanol–water partition coefficient (Wildman–Crippen LogP) is 4.71. The van der Waals surface area contributed by atoms with E-state index < -0.39 is 0 Å². The smallest absolute Gasteiger partial charge is 0.266 e. The molecule has 1 unspecified atom stereocenters. The Morgan fingerprint density at radius 3 is 2.45 bits per heavy atom. The summed E-state index contributed by atoms with van der Waals surface area (Å²) in [6.45, 7) is 2.00. The van der Waals surface area contributed by atoms with Crippen molar-refractivity contribution in [1.82, 2.24) is 14.5 Å². The lowest BCUT2D eigenvalue weighted by atomic mass is 10.1. The van der Waals surface area contributed by atoms with Gasteiger partial charge in [0.2, 0.25) is 5.91 Å². The monoisotopic (exact) mass is 459 g/mol. The summed E-state index contributed by atoms with van der Waals surface area (Å²) >= 11 is 1.24. The number of amides is 1. The highest BCUT2D eigenvalue weighted by Crippen LogP contribution is 2.28. The molecule has 4 aromatic rings. The quantitative estimate of drug-likeness (QED) is 0.296. The Morgan fingerprint density at radius 1 is 1.03 bits per heavy atom. The molecule has 0 aliphatic carbocycles. The van der Waals surface area contributed by atoms with Crippen molar-refractivity contribution in [3.05, 3.63) is 94.8 Å². The zero-order chi connectivity index (χ0) is 23.4. The first-order chi connectivity index (χ1) is 16.0. The molecular weight excluding hydrogens is 434 g/mol. The van der Waals surface area contributed by atoms with E-state index in [1.807, 2.05) is 67.6 Å². The number of carbonyl (C=O) groups excluding carboxylic acids is 1. The van der Waals surface area contributed by atoms with E-state index >= 15 is 0 Å². The van der Waals surface area contributed by atoms with Crippen LogP contribution in [0, 0.1) is 0 Å². The first-order valence-corrected chi connectivity index (χ1v) is 11.6. The van der Waals surface area contributed by atoms with Gasteiger partial charge in [-0.2, -0.15) is 0 Å². The number of rotatable bonds is 7. The van der Waals surface area contributed by atoms with Gasteiger partial charge in [-0.25, -0.2) is 4.98 Å². The van der Waals surface area contributed by atoms with E-state index in [0.29, 0.717) is 27.5 Å². The van der Waals surface area contributed by atoms with E-state index in [-0.39, 0.29) is 23.3 Å². The van der Waals surface area contributed by atoms with Crippen LogP contribution in [0.1, 0.15) is 18.5 Å². The molecular formula is C26H25N3O3S. The largest absolute Gasteiger partial charge is 0.495 e. The van der Waals surface area contributed by atoms with Gasteiger partial charge in [0.25, 0.3) is 5.56 Å². The van der Waals surface area contributed by atoms with Crippen LogP contribution in [0.5, 0.6) is 5.75 Å². The number of ether oxygens (including phenoxy) is 1. The molecule has 3 aromatic carbocycles. The minimum Gasteiger partial charge on any atom is -0.495 e. The molecule has 6 nitrogen and oxygen atoms in total. The molecule has 1 heterocycles. The highest BCUT2D eigenvalue weighted by molar-refractivity contribution is 7.99. The minimum atomic E-state index is -0.203. The van der Waals surface area contributed by atoms with Crippen LogP contribution in [-0.4, -0.2) is 40.3 Å². The summed E-state index contributed by atoms with van der Waals surface area (Å²) in [5, 5.41) is 0.950. The maximum Gasteiger partial charge on any atom is 0.266 e. The number of para-hydroxylation sites is 3. The number of benzene rings is 3. The Balaban J connectivity index is 1.69. The summed E-state index contributed by atoms with van der Waals surface area (Å²) in [5.74, 6) is 0.651. The van der Waals surface area contributed by atoms with Gasteiger partial charge in [-0.15, -0.1) is 0 Å². The number of hydrogen-bond donors (Lipinski definition) is 0. The normalized spacial score (nSPS) is 11.8. The predicted molar refractivity (Wildman–Crippen MR) is 132 cm³/mol. The number of fused-ring (bicyclic) bond motifs is 1. The topological polar surface area (TPSA) is 64.4 Å². The second-order valence-corrected chi connectivity index (χ2v) is 8.55. The standard InChI is InChI=1S/C26H25N3O3S/c1-18(19-11-5-4-6-12-19)28(2)24(30)17-33-26-27-21-14-8-7-13-20(21)25(31)29(26)22-15-9-10-16-23(22)32-3/h4-16,18H,17H2,1-3H3. The van der Waals surface area contributed by atoms with Gasteiger partial charge >= 0.3 is 0 Å². The zero-order valence-electron chi connectivity index (χ0n) is 18.8. The molecule has 33 heavy (non-hydrogen) atoms. The van der Waals surface area contributed by atoms with Crippen molar-refractivity contribution in [2.24, 2.45) is 0 Å². The lowest BCUT2D eigenvalue weighted by molar-refractivity contribution is -0.128. The van der Waals surface area contributed by atoms with Gasteiger partial charge in [0.1, 0.15) is 5.75 Å². The Bertz CT molecular complexity index is 1340. The Morgan fingerprint density at radius 2 is 1.70 bits per heavy atom. The van der Waals surface area contributed by atoms with Gasteiger partial charge in [0.05, 0.1) is 35.5 Å². The molecule has 0 radical (unpaired) electrons. The molecule has 0 spiro atoms. The van der Waals surface area contributed by atoms with Crippen molar-refractivity contribution in [2.45, 2.75) is 18.1 Å². The molecule has 0 aliphatic heterocycles. The third-order valence-electron chi connectivity index (χ3n) is 5.65. The highest BCUT2D eigenvalue weighted by atomic mass is 32.2. The molecule has 1 atom stereocenters. The number of nitrogens with zero attached hydrogens (tertiary/aromatic N) is 3. The Kier molecular flexibility index (Phi) is 6.79. The van der Waals surface area contributed by atoms with E-state index in [1.54, 1.807) is 37.3 Å². The van der Waals surface area contributed by atoms with Crippen LogP contribution in [0.2, 0.25) is 0 Å². The highest BCUT2D eigenvalue weighted by Gasteiger charge is 2.21. The van der Waals surface area contributed by atoms with E-state index in [1.165, 1.54) is 16.3 Å². The number of methoxy groups -OCH3 is 1. The maximum atomic E-state index is 13.4. The summed E-state index contributed by atoms with van der Waals surface area (Å²) in [4.78, 5) is 32.9. The minimum absolute atomic E-state index is 0.0506. The summed E-state index contributed by atoms with van der Waals surface area (Å²) in [7, 11) is 3.36. The average molecular weight is 460 g/mol. The second-order valence-electron chi connectivity index (χ2n) is 7.60. The van der Waals surface area contributed by atoms with E-state index in [0.717, 1.165) is 5.56 Å². The summed E-state index contributed by atoms with van der Waals surface area (Å²) in [6, 6.07) is 24.3. The summed E-state index contributed by atoms with van der Waals surface area (Å²) < 4.78 is 7.02. The van der Waals surface area contributed by atoms with E-state index in [9.17, 15) is 9.59 Å². The fraction of sp³-hybridized carbons (Fsp3) is 0.192.